The predicted molar refractivity (Wildman–Crippen MR) is 80.3 cm³/mol. The molecule has 0 aliphatic carbocycles. The Morgan fingerprint density at radius 3 is 2.65 bits per heavy atom. The molecule has 0 bridgehead atoms. The van der Waals surface area contributed by atoms with E-state index in [2.05, 4.69) is 52.1 Å². The first-order valence-corrected chi connectivity index (χ1v) is 7.28. The summed E-state index contributed by atoms with van der Waals surface area (Å²) in [4.78, 5) is 10.7. The monoisotopic (exact) mass is 267 g/mol. The molecule has 3 heteroatoms. The number of nitrogens with zero attached hydrogens (tertiary/aromatic N) is 3. The van der Waals surface area contributed by atoms with Crippen LogP contribution in [0, 0.1) is 0 Å². The number of hydrogen-bond donors (Lipinski definition) is 0. The summed E-state index contributed by atoms with van der Waals surface area (Å²) < 4.78 is 0. The lowest BCUT2D eigenvalue weighted by Gasteiger charge is -2.41. The Morgan fingerprint density at radius 1 is 1.15 bits per heavy atom. The Labute approximate surface area is 120 Å². The zero-order chi connectivity index (χ0) is 13.8. The normalized spacial score (nSPS) is 23.6. The molecule has 1 aromatic carbocycles. The van der Waals surface area contributed by atoms with Crippen molar-refractivity contribution in [2.45, 2.75) is 31.7 Å². The molecule has 2 aromatic rings. The zero-order valence-corrected chi connectivity index (χ0v) is 12.0. The van der Waals surface area contributed by atoms with Gasteiger partial charge in [0.25, 0.3) is 0 Å². The van der Waals surface area contributed by atoms with Gasteiger partial charge in [-0.25, -0.2) is 9.97 Å². The SMILES string of the molecule is CC1(c2ccccc2)CCCN(Cc2cncnc2)C1. The highest BCUT2D eigenvalue weighted by Crippen LogP contribution is 2.33. The van der Waals surface area contributed by atoms with Crippen LogP contribution in [-0.4, -0.2) is 28.0 Å². The van der Waals surface area contributed by atoms with Crippen molar-refractivity contribution in [1.29, 1.82) is 0 Å². The maximum Gasteiger partial charge on any atom is 0.115 e. The lowest BCUT2D eigenvalue weighted by Crippen LogP contribution is -2.43. The molecule has 0 spiro atoms. The van der Waals surface area contributed by atoms with Gasteiger partial charge in [-0.3, -0.25) is 4.90 Å². The minimum atomic E-state index is 0.259. The van der Waals surface area contributed by atoms with Crippen LogP contribution >= 0.6 is 0 Å². The highest BCUT2D eigenvalue weighted by Gasteiger charge is 2.32. The Morgan fingerprint density at radius 2 is 1.90 bits per heavy atom. The van der Waals surface area contributed by atoms with Gasteiger partial charge in [0.05, 0.1) is 0 Å². The van der Waals surface area contributed by atoms with Crippen LogP contribution in [0.25, 0.3) is 0 Å². The Hall–Kier alpha value is -1.74. The largest absolute Gasteiger partial charge is 0.298 e. The highest BCUT2D eigenvalue weighted by molar-refractivity contribution is 5.25. The summed E-state index contributed by atoms with van der Waals surface area (Å²) in [7, 11) is 0. The molecule has 1 atom stereocenters. The van der Waals surface area contributed by atoms with Gasteiger partial charge in [0.2, 0.25) is 0 Å². The van der Waals surface area contributed by atoms with E-state index in [4.69, 9.17) is 0 Å². The van der Waals surface area contributed by atoms with Crippen LogP contribution in [0.15, 0.2) is 49.1 Å². The third kappa shape index (κ3) is 2.88. The number of hydrogen-bond acceptors (Lipinski definition) is 3. The molecule has 104 valence electrons. The number of aromatic nitrogens is 2. The van der Waals surface area contributed by atoms with E-state index in [1.807, 2.05) is 12.4 Å². The number of benzene rings is 1. The Balaban J connectivity index is 1.73. The molecule has 3 rings (SSSR count). The molecule has 0 amide bonds. The molecule has 3 nitrogen and oxygen atoms in total. The molecule has 0 radical (unpaired) electrons. The van der Waals surface area contributed by atoms with Crippen LogP contribution in [0.3, 0.4) is 0 Å². The van der Waals surface area contributed by atoms with Crippen molar-refractivity contribution in [3.63, 3.8) is 0 Å². The predicted octanol–water partition coefficient (Wildman–Crippen LogP) is 3.03. The molecule has 0 N–H and O–H groups in total. The summed E-state index contributed by atoms with van der Waals surface area (Å²) in [6, 6.07) is 10.9. The summed E-state index contributed by atoms with van der Waals surface area (Å²) >= 11 is 0. The number of rotatable bonds is 3. The second-order valence-electron chi connectivity index (χ2n) is 5.99. The van der Waals surface area contributed by atoms with Gasteiger partial charge in [0.15, 0.2) is 0 Å². The molecule has 0 saturated carbocycles. The van der Waals surface area contributed by atoms with E-state index >= 15 is 0 Å². The van der Waals surface area contributed by atoms with Crippen molar-refractivity contribution in [1.82, 2.24) is 14.9 Å². The Bertz CT molecular complexity index is 541. The van der Waals surface area contributed by atoms with Gasteiger partial charge in [0, 0.05) is 36.5 Å². The summed E-state index contributed by atoms with van der Waals surface area (Å²) in [5.74, 6) is 0. The van der Waals surface area contributed by atoms with Crippen molar-refractivity contribution in [3.8, 4) is 0 Å². The molecule has 2 heterocycles. The second kappa shape index (κ2) is 5.71. The fraction of sp³-hybridized carbons (Fsp3) is 0.412. The van der Waals surface area contributed by atoms with Crippen molar-refractivity contribution < 1.29 is 0 Å². The fourth-order valence-corrected chi connectivity index (χ4v) is 3.23. The summed E-state index contributed by atoms with van der Waals surface area (Å²) in [5.41, 5.74) is 2.91. The first-order chi connectivity index (χ1) is 9.76. The van der Waals surface area contributed by atoms with E-state index < -0.39 is 0 Å². The van der Waals surface area contributed by atoms with E-state index in [9.17, 15) is 0 Å². The lowest BCUT2D eigenvalue weighted by molar-refractivity contribution is 0.149. The van der Waals surface area contributed by atoms with Gasteiger partial charge in [-0.05, 0) is 24.9 Å². The van der Waals surface area contributed by atoms with Gasteiger partial charge in [-0.15, -0.1) is 0 Å². The van der Waals surface area contributed by atoms with E-state index in [1.165, 1.54) is 24.0 Å². The van der Waals surface area contributed by atoms with E-state index in [0.717, 1.165) is 19.6 Å². The van der Waals surface area contributed by atoms with Crippen LogP contribution < -0.4 is 0 Å². The van der Waals surface area contributed by atoms with E-state index in [1.54, 1.807) is 6.33 Å². The van der Waals surface area contributed by atoms with Crippen LogP contribution in [0.2, 0.25) is 0 Å². The fourth-order valence-electron chi connectivity index (χ4n) is 3.23. The van der Waals surface area contributed by atoms with Gasteiger partial charge in [-0.2, -0.15) is 0 Å². The molecule has 1 fully saturated rings. The average molecular weight is 267 g/mol. The molecule has 1 unspecified atom stereocenters. The first kappa shape index (κ1) is 13.3. The highest BCUT2D eigenvalue weighted by atomic mass is 15.1. The third-order valence-corrected chi connectivity index (χ3v) is 4.27. The minimum Gasteiger partial charge on any atom is -0.298 e. The summed E-state index contributed by atoms with van der Waals surface area (Å²) in [6.45, 7) is 5.60. The Kier molecular flexibility index (Phi) is 3.79. The molecular weight excluding hydrogens is 246 g/mol. The van der Waals surface area contributed by atoms with Crippen molar-refractivity contribution in [3.05, 3.63) is 60.2 Å². The smallest absolute Gasteiger partial charge is 0.115 e. The van der Waals surface area contributed by atoms with E-state index in [-0.39, 0.29) is 5.41 Å². The van der Waals surface area contributed by atoms with Gasteiger partial charge in [0.1, 0.15) is 6.33 Å². The molecule has 20 heavy (non-hydrogen) atoms. The maximum absolute atomic E-state index is 4.11. The van der Waals surface area contributed by atoms with Crippen LogP contribution in [-0.2, 0) is 12.0 Å². The topological polar surface area (TPSA) is 29.0 Å². The summed E-state index contributed by atoms with van der Waals surface area (Å²) in [5, 5.41) is 0. The minimum absolute atomic E-state index is 0.259. The molecule has 1 aliphatic heterocycles. The maximum atomic E-state index is 4.11. The van der Waals surface area contributed by atoms with Crippen molar-refractivity contribution in [2.24, 2.45) is 0 Å². The summed E-state index contributed by atoms with van der Waals surface area (Å²) in [6.07, 6.45) is 7.94. The van der Waals surface area contributed by atoms with Gasteiger partial charge >= 0.3 is 0 Å². The quantitative estimate of drug-likeness (QED) is 0.856. The lowest BCUT2D eigenvalue weighted by atomic mass is 9.76. The van der Waals surface area contributed by atoms with Gasteiger partial charge in [-0.1, -0.05) is 37.3 Å². The molecule has 1 aromatic heterocycles. The average Bonchev–Trinajstić information content (AvgIpc) is 2.49. The zero-order valence-electron chi connectivity index (χ0n) is 12.0. The van der Waals surface area contributed by atoms with Crippen molar-refractivity contribution in [2.75, 3.05) is 13.1 Å². The standard InChI is InChI=1S/C17H21N3/c1-17(16-6-3-2-4-7-16)8-5-9-20(13-17)12-15-10-18-14-19-11-15/h2-4,6-7,10-11,14H,5,8-9,12-13H2,1H3. The third-order valence-electron chi connectivity index (χ3n) is 4.27. The van der Waals surface area contributed by atoms with Crippen LogP contribution in [0.5, 0.6) is 0 Å². The molecule has 1 aliphatic rings. The number of piperidine rings is 1. The van der Waals surface area contributed by atoms with E-state index in [0.29, 0.717) is 0 Å². The number of likely N-dealkylation sites (tertiary alicyclic amines) is 1. The van der Waals surface area contributed by atoms with Crippen molar-refractivity contribution >= 4 is 0 Å². The van der Waals surface area contributed by atoms with Gasteiger partial charge < -0.3 is 0 Å². The van der Waals surface area contributed by atoms with Crippen LogP contribution in [0.1, 0.15) is 30.9 Å². The second-order valence-corrected chi connectivity index (χ2v) is 5.99. The molecular formula is C17H21N3. The molecule has 1 saturated heterocycles. The van der Waals surface area contributed by atoms with Crippen LogP contribution in [0.4, 0.5) is 0 Å². The first-order valence-electron chi connectivity index (χ1n) is 7.28.